The Morgan fingerprint density at radius 2 is 2.11 bits per heavy atom. The molecule has 0 amide bonds. The first-order chi connectivity index (χ1) is 9.00. The van der Waals surface area contributed by atoms with Crippen molar-refractivity contribution in [3.63, 3.8) is 0 Å². The van der Waals surface area contributed by atoms with E-state index in [0.717, 1.165) is 37.9 Å². The van der Waals surface area contributed by atoms with Gasteiger partial charge in [0, 0.05) is 18.8 Å². The fourth-order valence-electron chi connectivity index (χ4n) is 2.58. The number of aliphatic hydroxyl groups excluding tert-OH is 1. The van der Waals surface area contributed by atoms with Gasteiger partial charge in [-0.3, -0.25) is 0 Å². The van der Waals surface area contributed by atoms with E-state index in [1.54, 1.807) is 0 Å². The van der Waals surface area contributed by atoms with Crippen molar-refractivity contribution in [3.8, 4) is 0 Å². The average molecular weight is 274 g/mol. The summed E-state index contributed by atoms with van der Waals surface area (Å²) in [7, 11) is 0. The molecule has 1 aliphatic rings. The number of hydrogen-bond donors (Lipinski definition) is 2. The van der Waals surface area contributed by atoms with E-state index in [1.165, 1.54) is 6.07 Å². The molecule has 0 spiro atoms. The highest BCUT2D eigenvalue weighted by Gasteiger charge is 2.31. The second-order valence-corrected chi connectivity index (χ2v) is 4.88. The molecular formula is C13H17F3N2O. The summed E-state index contributed by atoms with van der Waals surface area (Å²) in [6, 6.07) is 2.58. The Labute approximate surface area is 109 Å². The van der Waals surface area contributed by atoms with Gasteiger partial charge in [-0.05, 0) is 37.3 Å². The van der Waals surface area contributed by atoms with Gasteiger partial charge in [0.15, 0.2) is 0 Å². The zero-order valence-electron chi connectivity index (χ0n) is 10.5. The molecule has 1 fully saturated rings. The highest BCUT2D eigenvalue weighted by atomic mass is 19.4. The molecule has 2 N–H and O–H groups in total. The fourth-order valence-corrected chi connectivity index (χ4v) is 2.58. The first-order valence-electron chi connectivity index (χ1n) is 6.41. The van der Waals surface area contributed by atoms with Crippen LogP contribution in [0.1, 0.15) is 31.2 Å². The van der Waals surface area contributed by atoms with E-state index in [9.17, 15) is 13.2 Å². The largest absolute Gasteiger partial charge is 0.417 e. The molecule has 1 saturated carbocycles. The van der Waals surface area contributed by atoms with Gasteiger partial charge in [0.05, 0.1) is 5.56 Å². The third-order valence-electron chi connectivity index (χ3n) is 3.58. The molecule has 3 nitrogen and oxygen atoms in total. The summed E-state index contributed by atoms with van der Waals surface area (Å²) >= 11 is 0. The number of nitrogens with zero attached hydrogens (tertiary/aromatic N) is 1. The number of pyridine rings is 1. The molecular weight excluding hydrogens is 257 g/mol. The van der Waals surface area contributed by atoms with Crippen LogP contribution in [0.25, 0.3) is 0 Å². The number of rotatable bonds is 4. The topological polar surface area (TPSA) is 45.1 Å². The molecule has 1 aromatic rings. The normalized spacial score (nSPS) is 23.6. The molecule has 0 saturated heterocycles. The molecule has 0 bridgehead atoms. The summed E-state index contributed by atoms with van der Waals surface area (Å²) in [6.45, 7) is 0.142. The van der Waals surface area contributed by atoms with Crippen LogP contribution >= 0.6 is 0 Å². The fraction of sp³-hybridized carbons (Fsp3) is 0.615. The van der Waals surface area contributed by atoms with E-state index >= 15 is 0 Å². The van der Waals surface area contributed by atoms with Crippen molar-refractivity contribution in [1.29, 1.82) is 0 Å². The molecule has 0 aromatic carbocycles. The first-order valence-corrected chi connectivity index (χ1v) is 6.41. The van der Waals surface area contributed by atoms with E-state index in [4.69, 9.17) is 5.11 Å². The lowest BCUT2D eigenvalue weighted by Crippen LogP contribution is -2.25. The van der Waals surface area contributed by atoms with Gasteiger partial charge >= 0.3 is 6.18 Å². The minimum Gasteiger partial charge on any atom is -0.396 e. The third kappa shape index (κ3) is 3.59. The summed E-state index contributed by atoms with van der Waals surface area (Å²) in [5.41, 5.74) is -0.739. The lowest BCUT2D eigenvalue weighted by Gasteiger charge is -2.21. The van der Waals surface area contributed by atoms with Crippen molar-refractivity contribution in [3.05, 3.63) is 23.9 Å². The Bertz CT molecular complexity index is 405. The maximum Gasteiger partial charge on any atom is 0.417 e. The summed E-state index contributed by atoms with van der Waals surface area (Å²) in [5.74, 6) is 0.830. The highest BCUT2D eigenvalue weighted by molar-refractivity contribution is 5.37. The second kappa shape index (κ2) is 5.77. The molecule has 2 unspecified atom stereocenters. The van der Waals surface area contributed by atoms with Crippen LogP contribution in [0.15, 0.2) is 18.3 Å². The molecule has 0 radical (unpaired) electrons. The minimum atomic E-state index is -4.35. The molecule has 2 rings (SSSR count). The summed E-state index contributed by atoms with van der Waals surface area (Å²) in [6.07, 6.45) is 0.296. The van der Waals surface area contributed by atoms with Crippen molar-refractivity contribution in [2.45, 2.75) is 37.9 Å². The Hall–Kier alpha value is -1.30. The molecule has 19 heavy (non-hydrogen) atoms. The molecule has 106 valence electrons. The molecule has 2 atom stereocenters. The lowest BCUT2D eigenvalue weighted by atomic mass is 10.00. The van der Waals surface area contributed by atoms with Crippen LogP contribution in [0.3, 0.4) is 0 Å². The summed E-state index contributed by atoms with van der Waals surface area (Å²) in [4.78, 5) is 3.81. The second-order valence-electron chi connectivity index (χ2n) is 4.88. The monoisotopic (exact) mass is 274 g/mol. The van der Waals surface area contributed by atoms with E-state index < -0.39 is 11.7 Å². The number of aromatic nitrogens is 1. The van der Waals surface area contributed by atoms with Gasteiger partial charge in [-0.15, -0.1) is 0 Å². The zero-order chi connectivity index (χ0) is 13.9. The third-order valence-corrected chi connectivity index (χ3v) is 3.58. The molecule has 1 heterocycles. The first kappa shape index (κ1) is 14.1. The van der Waals surface area contributed by atoms with Crippen LogP contribution in [-0.2, 0) is 6.18 Å². The van der Waals surface area contributed by atoms with Crippen molar-refractivity contribution in [2.24, 2.45) is 5.92 Å². The zero-order valence-corrected chi connectivity index (χ0v) is 10.5. The van der Waals surface area contributed by atoms with Crippen LogP contribution in [-0.4, -0.2) is 22.7 Å². The van der Waals surface area contributed by atoms with Crippen LogP contribution in [0.2, 0.25) is 0 Å². The molecule has 0 aliphatic heterocycles. The number of anilines is 1. The SMILES string of the molecule is OCCC1CCCC1Nc1ccc(C(F)(F)F)cn1. The Morgan fingerprint density at radius 1 is 1.32 bits per heavy atom. The number of hydrogen-bond acceptors (Lipinski definition) is 3. The minimum absolute atomic E-state index is 0.142. The Kier molecular flexibility index (Phi) is 4.29. The Morgan fingerprint density at radius 3 is 2.68 bits per heavy atom. The van der Waals surface area contributed by atoms with Crippen molar-refractivity contribution < 1.29 is 18.3 Å². The van der Waals surface area contributed by atoms with E-state index in [0.29, 0.717) is 11.7 Å². The molecule has 6 heteroatoms. The van der Waals surface area contributed by atoms with E-state index in [-0.39, 0.29) is 12.6 Å². The summed E-state index contributed by atoms with van der Waals surface area (Å²) in [5, 5.41) is 12.1. The van der Waals surface area contributed by atoms with Gasteiger partial charge in [-0.1, -0.05) is 6.42 Å². The van der Waals surface area contributed by atoms with Crippen molar-refractivity contribution in [1.82, 2.24) is 4.98 Å². The van der Waals surface area contributed by atoms with Gasteiger partial charge in [0.25, 0.3) is 0 Å². The van der Waals surface area contributed by atoms with Gasteiger partial charge in [-0.25, -0.2) is 4.98 Å². The van der Waals surface area contributed by atoms with Crippen LogP contribution in [0.4, 0.5) is 19.0 Å². The van der Waals surface area contributed by atoms with E-state index in [2.05, 4.69) is 10.3 Å². The quantitative estimate of drug-likeness (QED) is 0.887. The van der Waals surface area contributed by atoms with E-state index in [1.807, 2.05) is 0 Å². The summed E-state index contributed by atoms with van der Waals surface area (Å²) < 4.78 is 37.2. The van der Waals surface area contributed by atoms with Gasteiger partial charge in [-0.2, -0.15) is 13.2 Å². The predicted octanol–water partition coefficient (Wildman–Crippen LogP) is 3.06. The number of alkyl halides is 3. The highest BCUT2D eigenvalue weighted by Crippen LogP contribution is 2.32. The predicted molar refractivity (Wildman–Crippen MR) is 65.7 cm³/mol. The maximum absolute atomic E-state index is 12.4. The number of aliphatic hydroxyl groups is 1. The lowest BCUT2D eigenvalue weighted by molar-refractivity contribution is -0.137. The smallest absolute Gasteiger partial charge is 0.396 e. The standard InChI is InChI=1S/C13H17F3N2O/c14-13(15,16)10-4-5-12(17-8-10)18-11-3-1-2-9(11)6-7-19/h4-5,8-9,11,19H,1-3,6-7H2,(H,17,18). The van der Waals surface area contributed by atoms with Crippen molar-refractivity contribution in [2.75, 3.05) is 11.9 Å². The average Bonchev–Trinajstić information content (AvgIpc) is 2.77. The van der Waals surface area contributed by atoms with Gasteiger partial charge in [0.2, 0.25) is 0 Å². The van der Waals surface area contributed by atoms with Gasteiger partial charge < -0.3 is 10.4 Å². The van der Waals surface area contributed by atoms with Crippen LogP contribution in [0.5, 0.6) is 0 Å². The van der Waals surface area contributed by atoms with Crippen LogP contribution < -0.4 is 5.32 Å². The van der Waals surface area contributed by atoms with Gasteiger partial charge in [0.1, 0.15) is 5.82 Å². The molecule has 1 aliphatic carbocycles. The Balaban J connectivity index is 1.99. The molecule has 1 aromatic heterocycles. The van der Waals surface area contributed by atoms with Crippen molar-refractivity contribution >= 4 is 5.82 Å². The van der Waals surface area contributed by atoms with Crippen LogP contribution in [0, 0.1) is 5.92 Å². The number of nitrogens with one attached hydrogen (secondary N) is 1. The maximum atomic E-state index is 12.4. The number of halogens is 3.